The molecule has 0 amide bonds. The average molecular weight is 153 g/mol. The number of hydrogen-bond donors (Lipinski definition) is 2. The standard InChI is InChI=1S/C9H15NO/c1-6(2)9-4-8(5-11)10-7(9)3/h4,6,10-11H,5H2,1-3H3. The van der Waals surface area contributed by atoms with Gasteiger partial charge in [0.2, 0.25) is 0 Å². The Kier molecular flexibility index (Phi) is 2.35. The van der Waals surface area contributed by atoms with Crippen LogP contribution in [0.15, 0.2) is 6.07 Å². The molecule has 1 rings (SSSR count). The summed E-state index contributed by atoms with van der Waals surface area (Å²) in [6, 6.07) is 2.03. The molecule has 0 bridgehead atoms. The number of aliphatic hydroxyl groups is 1. The summed E-state index contributed by atoms with van der Waals surface area (Å²) in [5, 5.41) is 8.83. The van der Waals surface area contributed by atoms with Gasteiger partial charge in [-0.05, 0) is 24.5 Å². The molecule has 1 heterocycles. The van der Waals surface area contributed by atoms with Gasteiger partial charge >= 0.3 is 0 Å². The van der Waals surface area contributed by atoms with Crippen LogP contribution in [-0.4, -0.2) is 10.1 Å². The molecule has 0 aromatic carbocycles. The monoisotopic (exact) mass is 153 g/mol. The van der Waals surface area contributed by atoms with Crippen molar-refractivity contribution in [2.45, 2.75) is 33.3 Å². The second kappa shape index (κ2) is 3.09. The Morgan fingerprint density at radius 3 is 2.45 bits per heavy atom. The van der Waals surface area contributed by atoms with Gasteiger partial charge in [-0.1, -0.05) is 13.8 Å². The summed E-state index contributed by atoms with van der Waals surface area (Å²) in [7, 11) is 0. The first kappa shape index (κ1) is 8.34. The minimum atomic E-state index is 0.105. The van der Waals surface area contributed by atoms with Crippen LogP contribution < -0.4 is 0 Å². The molecule has 0 spiro atoms. The minimum absolute atomic E-state index is 0.105. The highest BCUT2D eigenvalue weighted by Crippen LogP contribution is 2.19. The van der Waals surface area contributed by atoms with E-state index in [2.05, 4.69) is 18.8 Å². The molecular weight excluding hydrogens is 138 g/mol. The van der Waals surface area contributed by atoms with Gasteiger partial charge < -0.3 is 10.1 Å². The lowest BCUT2D eigenvalue weighted by Gasteiger charge is -2.01. The largest absolute Gasteiger partial charge is 0.390 e. The molecule has 11 heavy (non-hydrogen) atoms. The fourth-order valence-electron chi connectivity index (χ4n) is 1.33. The number of rotatable bonds is 2. The van der Waals surface area contributed by atoms with E-state index in [-0.39, 0.29) is 6.61 Å². The number of nitrogens with one attached hydrogen (secondary N) is 1. The first-order valence-electron chi connectivity index (χ1n) is 3.94. The maximum Gasteiger partial charge on any atom is 0.0830 e. The van der Waals surface area contributed by atoms with E-state index in [1.54, 1.807) is 0 Å². The van der Waals surface area contributed by atoms with E-state index in [0.29, 0.717) is 5.92 Å². The third-order valence-corrected chi connectivity index (χ3v) is 1.90. The minimum Gasteiger partial charge on any atom is -0.390 e. The van der Waals surface area contributed by atoms with Gasteiger partial charge in [0.15, 0.2) is 0 Å². The maximum absolute atomic E-state index is 8.83. The Morgan fingerprint density at radius 2 is 2.18 bits per heavy atom. The first-order valence-corrected chi connectivity index (χ1v) is 3.94. The summed E-state index contributed by atoms with van der Waals surface area (Å²) >= 11 is 0. The third kappa shape index (κ3) is 1.63. The van der Waals surface area contributed by atoms with Crippen LogP contribution in [0.3, 0.4) is 0 Å². The van der Waals surface area contributed by atoms with E-state index >= 15 is 0 Å². The highest BCUT2D eigenvalue weighted by molar-refractivity contribution is 5.27. The van der Waals surface area contributed by atoms with Crippen molar-refractivity contribution >= 4 is 0 Å². The second-order valence-corrected chi connectivity index (χ2v) is 3.19. The third-order valence-electron chi connectivity index (χ3n) is 1.90. The molecule has 0 aliphatic heterocycles. The van der Waals surface area contributed by atoms with E-state index < -0.39 is 0 Å². The summed E-state index contributed by atoms with van der Waals surface area (Å²) < 4.78 is 0. The molecule has 62 valence electrons. The molecule has 2 N–H and O–H groups in total. The molecule has 1 aromatic heterocycles. The van der Waals surface area contributed by atoms with Crippen LogP contribution in [0.2, 0.25) is 0 Å². The number of hydrogen-bond acceptors (Lipinski definition) is 1. The smallest absolute Gasteiger partial charge is 0.0830 e. The molecule has 2 nitrogen and oxygen atoms in total. The van der Waals surface area contributed by atoms with Crippen molar-refractivity contribution in [3.8, 4) is 0 Å². The quantitative estimate of drug-likeness (QED) is 0.669. The predicted octanol–water partition coefficient (Wildman–Crippen LogP) is 1.94. The fraction of sp³-hybridized carbons (Fsp3) is 0.556. The van der Waals surface area contributed by atoms with Gasteiger partial charge in [0.25, 0.3) is 0 Å². The molecule has 0 radical (unpaired) electrons. The molecule has 0 saturated carbocycles. The lowest BCUT2D eigenvalue weighted by molar-refractivity contribution is 0.277. The summed E-state index contributed by atoms with van der Waals surface area (Å²) in [6.07, 6.45) is 0. The lowest BCUT2D eigenvalue weighted by Crippen LogP contribution is -1.86. The van der Waals surface area contributed by atoms with Gasteiger partial charge in [-0.15, -0.1) is 0 Å². The molecule has 2 heteroatoms. The van der Waals surface area contributed by atoms with E-state index in [1.165, 1.54) is 11.3 Å². The van der Waals surface area contributed by atoms with Crippen LogP contribution in [-0.2, 0) is 6.61 Å². The van der Waals surface area contributed by atoms with Crippen LogP contribution in [0, 0.1) is 6.92 Å². The van der Waals surface area contributed by atoms with Crippen LogP contribution in [0.5, 0.6) is 0 Å². The normalized spacial score (nSPS) is 11.0. The van der Waals surface area contributed by atoms with Crippen molar-refractivity contribution in [3.05, 3.63) is 23.0 Å². The van der Waals surface area contributed by atoms with Crippen molar-refractivity contribution in [2.24, 2.45) is 0 Å². The molecule has 0 unspecified atom stereocenters. The van der Waals surface area contributed by atoms with Crippen molar-refractivity contribution < 1.29 is 5.11 Å². The molecule has 0 fully saturated rings. The van der Waals surface area contributed by atoms with Crippen LogP contribution in [0.4, 0.5) is 0 Å². The van der Waals surface area contributed by atoms with Crippen molar-refractivity contribution in [1.29, 1.82) is 0 Å². The molecule has 0 aliphatic rings. The Bertz CT molecular complexity index is 238. The lowest BCUT2D eigenvalue weighted by atomic mass is 10.0. The summed E-state index contributed by atoms with van der Waals surface area (Å²) in [5.41, 5.74) is 3.38. The van der Waals surface area contributed by atoms with E-state index in [4.69, 9.17) is 5.11 Å². The number of H-pyrrole nitrogens is 1. The average Bonchev–Trinajstić information content (AvgIpc) is 2.30. The van der Waals surface area contributed by atoms with Crippen molar-refractivity contribution in [3.63, 3.8) is 0 Å². The van der Waals surface area contributed by atoms with Gasteiger partial charge in [-0.3, -0.25) is 0 Å². The predicted molar refractivity (Wildman–Crippen MR) is 45.5 cm³/mol. The Hall–Kier alpha value is -0.760. The van der Waals surface area contributed by atoms with Crippen LogP contribution >= 0.6 is 0 Å². The zero-order valence-electron chi connectivity index (χ0n) is 7.31. The SMILES string of the molecule is Cc1[nH]c(CO)cc1C(C)C. The van der Waals surface area contributed by atoms with Crippen molar-refractivity contribution in [2.75, 3.05) is 0 Å². The van der Waals surface area contributed by atoms with Crippen molar-refractivity contribution in [1.82, 2.24) is 4.98 Å². The highest BCUT2D eigenvalue weighted by atomic mass is 16.3. The van der Waals surface area contributed by atoms with Crippen LogP contribution in [0.1, 0.15) is 36.7 Å². The van der Waals surface area contributed by atoms with E-state index in [9.17, 15) is 0 Å². The molecule has 0 aliphatic carbocycles. The molecule has 0 saturated heterocycles. The zero-order valence-corrected chi connectivity index (χ0v) is 7.31. The van der Waals surface area contributed by atoms with Gasteiger partial charge in [-0.25, -0.2) is 0 Å². The summed E-state index contributed by atoms with van der Waals surface area (Å²) in [4.78, 5) is 3.13. The fourth-order valence-corrected chi connectivity index (χ4v) is 1.33. The van der Waals surface area contributed by atoms with Gasteiger partial charge in [0.1, 0.15) is 0 Å². The Balaban J connectivity index is 2.97. The topological polar surface area (TPSA) is 36.0 Å². The molecular formula is C9H15NO. The highest BCUT2D eigenvalue weighted by Gasteiger charge is 2.06. The zero-order chi connectivity index (χ0) is 8.43. The van der Waals surface area contributed by atoms with Crippen LogP contribution in [0.25, 0.3) is 0 Å². The number of aromatic amines is 1. The second-order valence-electron chi connectivity index (χ2n) is 3.19. The van der Waals surface area contributed by atoms with E-state index in [1.807, 2.05) is 13.0 Å². The number of aliphatic hydroxyl groups excluding tert-OH is 1. The Labute approximate surface area is 67.3 Å². The summed E-state index contributed by atoms with van der Waals surface area (Å²) in [5.74, 6) is 0.534. The summed E-state index contributed by atoms with van der Waals surface area (Å²) in [6.45, 7) is 6.44. The van der Waals surface area contributed by atoms with E-state index in [0.717, 1.165) is 5.69 Å². The van der Waals surface area contributed by atoms with Gasteiger partial charge in [0.05, 0.1) is 6.61 Å². The number of aromatic nitrogens is 1. The van der Waals surface area contributed by atoms with Gasteiger partial charge in [0, 0.05) is 11.4 Å². The molecule has 0 atom stereocenters. The van der Waals surface area contributed by atoms with Gasteiger partial charge in [-0.2, -0.15) is 0 Å². The Morgan fingerprint density at radius 1 is 1.55 bits per heavy atom. The first-order chi connectivity index (χ1) is 5.15. The molecule has 1 aromatic rings. The number of aryl methyl sites for hydroxylation is 1. The maximum atomic E-state index is 8.83.